The third-order valence-electron chi connectivity index (χ3n) is 8.73. The number of nitrogens with zero attached hydrogens (tertiary/aromatic N) is 4. The van der Waals surface area contributed by atoms with Gasteiger partial charge in [0.05, 0.1) is 23.8 Å². The second-order valence-electron chi connectivity index (χ2n) is 11.2. The Bertz CT molecular complexity index is 1070. The number of anilines is 1. The molecule has 5 rings (SSSR count). The Morgan fingerprint density at radius 3 is 2.67 bits per heavy atom. The van der Waals surface area contributed by atoms with Gasteiger partial charge in [0.2, 0.25) is 0 Å². The summed E-state index contributed by atoms with van der Waals surface area (Å²) in [6.07, 6.45) is 12.0. The molecule has 1 saturated heterocycles. The second kappa shape index (κ2) is 10.5. The smallest absolute Gasteiger partial charge is 0.256 e. The highest BCUT2D eigenvalue weighted by molar-refractivity contribution is 6.00. The van der Waals surface area contributed by atoms with Gasteiger partial charge in [-0.25, -0.2) is 4.39 Å². The molecule has 0 bridgehead atoms. The number of aliphatic hydroxyl groups excluding tert-OH is 1. The summed E-state index contributed by atoms with van der Waals surface area (Å²) in [4.78, 5) is 24.3. The van der Waals surface area contributed by atoms with Crippen LogP contribution in [0.5, 0.6) is 0 Å². The first-order valence-corrected chi connectivity index (χ1v) is 13.5. The van der Waals surface area contributed by atoms with Crippen LogP contribution >= 0.6 is 0 Å². The van der Waals surface area contributed by atoms with Crippen molar-refractivity contribution in [1.29, 1.82) is 0 Å². The Hall–Kier alpha value is -2.51. The van der Waals surface area contributed by atoms with E-state index in [1.807, 2.05) is 20.1 Å². The molecule has 3 aliphatic heterocycles. The summed E-state index contributed by atoms with van der Waals surface area (Å²) in [5.41, 5.74) is 3.78. The van der Waals surface area contributed by atoms with Gasteiger partial charge in [-0.2, -0.15) is 0 Å². The van der Waals surface area contributed by atoms with Crippen LogP contribution < -0.4 is 4.90 Å². The van der Waals surface area contributed by atoms with E-state index in [2.05, 4.69) is 27.1 Å². The van der Waals surface area contributed by atoms with Crippen LogP contribution in [0.4, 0.5) is 10.1 Å². The Balaban J connectivity index is 1.39. The molecule has 2 fully saturated rings. The first-order valence-electron chi connectivity index (χ1n) is 13.5. The summed E-state index contributed by atoms with van der Waals surface area (Å²) in [5.74, 6) is 0.339. The van der Waals surface area contributed by atoms with Gasteiger partial charge in [0.15, 0.2) is 0 Å². The molecule has 1 saturated carbocycles. The van der Waals surface area contributed by atoms with Gasteiger partial charge in [-0.15, -0.1) is 0 Å². The predicted octanol–water partition coefficient (Wildman–Crippen LogP) is 4.26. The van der Waals surface area contributed by atoms with Gasteiger partial charge >= 0.3 is 0 Å². The van der Waals surface area contributed by atoms with E-state index in [-0.39, 0.29) is 18.0 Å². The van der Waals surface area contributed by atoms with Crippen LogP contribution in [0, 0.1) is 17.7 Å². The maximum Gasteiger partial charge on any atom is 0.256 e. The lowest BCUT2D eigenvalue weighted by atomic mass is 9.78. The fourth-order valence-corrected chi connectivity index (χ4v) is 6.35. The number of rotatable bonds is 6. The lowest BCUT2D eigenvalue weighted by Crippen LogP contribution is -2.37. The number of allylic oxidation sites excluding steroid dienone is 1. The molecule has 1 unspecified atom stereocenters. The predicted molar refractivity (Wildman–Crippen MR) is 142 cm³/mol. The minimum Gasteiger partial charge on any atom is -0.396 e. The van der Waals surface area contributed by atoms with E-state index in [0.717, 1.165) is 38.0 Å². The Labute approximate surface area is 214 Å². The van der Waals surface area contributed by atoms with Crippen molar-refractivity contribution in [3.63, 3.8) is 0 Å². The summed E-state index contributed by atoms with van der Waals surface area (Å²) >= 11 is 0. The van der Waals surface area contributed by atoms with E-state index in [1.54, 1.807) is 18.0 Å². The zero-order chi connectivity index (χ0) is 25.4. The number of carbonyl (C=O) groups excluding carboxylic acids is 1. The standard InChI is InChI=1S/C29H39FN4O2/c1-19(2)32(3)29(36)25-14-22(30)6-9-27(25)34-17-26(24-10-12-31-15-28(24)34)21-4-7-23(8-5-21)33-13-11-20(16-33)18-35/h6,9-10,12,14,17,19-21,23,28,35H,4-5,7-8,11,13,15-16,18H2,1-3H3/t20-,21?,23?,28?/m1/s1. The first kappa shape index (κ1) is 25.2. The molecule has 194 valence electrons. The van der Waals surface area contributed by atoms with Gasteiger partial charge in [0.25, 0.3) is 5.91 Å². The summed E-state index contributed by atoms with van der Waals surface area (Å²) in [6.45, 7) is 6.98. The molecular formula is C29H39FN4O2. The molecule has 7 heteroatoms. The van der Waals surface area contributed by atoms with Crippen LogP contribution in [0.25, 0.3) is 0 Å². The SMILES string of the molecule is CC(C)N(C)C(=O)c1cc(F)ccc1N1C=C(C2CCC(N3CC[C@@H](CO)C3)CC2)C2=CC=NCC21. The molecule has 1 aliphatic carbocycles. The third kappa shape index (κ3) is 4.75. The minimum absolute atomic E-state index is 0.0199. The number of aliphatic hydroxyl groups is 1. The molecule has 0 spiro atoms. The van der Waals surface area contributed by atoms with Gasteiger partial charge in [0.1, 0.15) is 5.82 Å². The number of likely N-dealkylation sites (tertiary alicyclic amines) is 1. The Morgan fingerprint density at radius 2 is 1.97 bits per heavy atom. The van der Waals surface area contributed by atoms with Crippen LogP contribution in [-0.2, 0) is 0 Å². The highest BCUT2D eigenvalue weighted by Crippen LogP contribution is 2.44. The quantitative estimate of drug-likeness (QED) is 0.642. The van der Waals surface area contributed by atoms with E-state index in [0.29, 0.717) is 36.6 Å². The third-order valence-corrected chi connectivity index (χ3v) is 8.73. The molecule has 6 nitrogen and oxygen atoms in total. The average Bonchev–Trinajstić information content (AvgIpc) is 3.53. The molecule has 2 atom stereocenters. The fourth-order valence-electron chi connectivity index (χ4n) is 6.35. The monoisotopic (exact) mass is 494 g/mol. The maximum atomic E-state index is 14.3. The van der Waals surface area contributed by atoms with Gasteiger partial charge in [-0.05, 0) is 99.8 Å². The first-order chi connectivity index (χ1) is 17.4. The normalized spacial score (nSPS) is 28.3. The summed E-state index contributed by atoms with van der Waals surface area (Å²) in [5, 5.41) is 9.52. The number of benzene rings is 1. The van der Waals surface area contributed by atoms with Crippen molar-refractivity contribution in [1.82, 2.24) is 9.80 Å². The molecule has 3 heterocycles. The van der Waals surface area contributed by atoms with Gasteiger partial charge in [0, 0.05) is 44.7 Å². The van der Waals surface area contributed by atoms with Crippen molar-refractivity contribution < 1.29 is 14.3 Å². The van der Waals surface area contributed by atoms with Crippen LogP contribution in [0.1, 0.15) is 56.3 Å². The Morgan fingerprint density at radius 1 is 1.19 bits per heavy atom. The molecule has 1 aromatic carbocycles. The largest absolute Gasteiger partial charge is 0.396 e. The molecule has 0 aromatic heterocycles. The summed E-state index contributed by atoms with van der Waals surface area (Å²) in [6, 6.07) is 5.23. The maximum absolute atomic E-state index is 14.3. The number of fused-ring (bicyclic) bond motifs is 1. The van der Waals surface area contributed by atoms with Gasteiger partial charge in [-0.1, -0.05) is 0 Å². The van der Waals surface area contributed by atoms with Crippen molar-refractivity contribution in [2.24, 2.45) is 16.8 Å². The summed E-state index contributed by atoms with van der Waals surface area (Å²) in [7, 11) is 1.77. The van der Waals surface area contributed by atoms with Crippen molar-refractivity contribution >= 4 is 17.8 Å². The average molecular weight is 495 g/mol. The summed E-state index contributed by atoms with van der Waals surface area (Å²) < 4.78 is 14.3. The van der Waals surface area contributed by atoms with Crippen LogP contribution in [0.15, 0.2) is 46.6 Å². The molecule has 4 aliphatic rings. The van der Waals surface area contributed by atoms with Crippen molar-refractivity contribution in [3.05, 3.63) is 53.0 Å². The van der Waals surface area contributed by atoms with Crippen molar-refractivity contribution in [2.45, 2.75) is 64.1 Å². The zero-order valence-electron chi connectivity index (χ0n) is 21.7. The van der Waals surface area contributed by atoms with Gasteiger partial charge < -0.3 is 19.8 Å². The van der Waals surface area contributed by atoms with E-state index >= 15 is 0 Å². The van der Waals surface area contributed by atoms with Crippen LogP contribution in [0.2, 0.25) is 0 Å². The van der Waals surface area contributed by atoms with Crippen molar-refractivity contribution in [3.8, 4) is 0 Å². The number of hydrogen-bond acceptors (Lipinski definition) is 5. The zero-order valence-corrected chi connectivity index (χ0v) is 21.7. The number of carbonyl (C=O) groups is 1. The minimum atomic E-state index is -0.399. The molecule has 1 amide bonds. The van der Waals surface area contributed by atoms with E-state index < -0.39 is 5.82 Å². The lowest BCUT2D eigenvalue weighted by molar-refractivity contribution is 0.0755. The Kier molecular flexibility index (Phi) is 7.31. The van der Waals surface area contributed by atoms with E-state index in [1.165, 1.54) is 36.1 Å². The molecule has 0 radical (unpaired) electrons. The molecule has 36 heavy (non-hydrogen) atoms. The second-order valence-corrected chi connectivity index (χ2v) is 11.2. The molecule has 1 N–H and O–H groups in total. The molecule has 1 aromatic rings. The van der Waals surface area contributed by atoms with Crippen LogP contribution in [-0.4, -0.2) is 78.4 Å². The highest BCUT2D eigenvalue weighted by Gasteiger charge is 2.39. The molecular weight excluding hydrogens is 455 g/mol. The van der Waals surface area contributed by atoms with Crippen molar-refractivity contribution in [2.75, 3.05) is 38.2 Å². The van der Waals surface area contributed by atoms with Crippen LogP contribution in [0.3, 0.4) is 0 Å². The van der Waals surface area contributed by atoms with E-state index in [9.17, 15) is 14.3 Å². The number of halogens is 1. The number of aliphatic imine (C=N–C) groups is 1. The number of hydrogen-bond donors (Lipinski definition) is 1. The van der Waals surface area contributed by atoms with E-state index in [4.69, 9.17) is 0 Å². The highest BCUT2D eigenvalue weighted by atomic mass is 19.1. The lowest BCUT2D eigenvalue weighted by Gasteiger charge is -2.35. The topological polar surface area (TPSA) is 59.4 Å². The fraction of sp³-hybridized carbons (Fsp3) is 0.586. The van der Waals surface area contributed by atoms with Gasteiger partial charge in [-0.3, -0.25) is 9.79 Å². The number of dihydropyridines is 1. The number of amides is 1.